The summed E-state index contributed by atoms with van der Waals surface area (Å²) in [5.74, 6) is -0.0196. The molecule has 0 aromatic heterocycles. The molecular weight excluding hydrogens is 324 g/mol. The summed E-state index contributed by atoms with van der Waals surface area (Å²) in [7, 11) is 0. The number of nitrogens with one attached hydrogen (secondary N) is 1. The van der Waals surface area contributed by atoms with Crippen molar-refractivity contribution in [2.75, 3.05) is 11.9 Å². The molecule has 0 radical (unpaired) electrons. The monoisotopic (exact) mass is 350 g/mol. The Bertz CT molecular complexity index is 581. The number of carbonyl (C=O) groups is 2. The Balaban J connectivity index is 1.92. The molecule has 2 rings (SSSR count). The Kier molecular flexibility index (Phi) is 7.10. The van der Waals surface area contributed by atoms with Gasteiger partial charge in [0.1, 0.15) is 0 Å². The lowest BCUT2D eigenvalue weighted by molar-refractivity contribution is -0.131. The van der Waals surface area contributed by atoms with E-state index in [4.69, 9.17) is 11.6 Å². The number of carbonyl (C=O) groups excluding carboxylic acids is 2. The molecule has 24 heavy (non-hydrogen) atoms. The van der Waals surface area contributed by atoms with E-state index in [1.807, 2.05) is 17.9 Å². The van der Waals surface area contributed by atoms with E-state index in [1.54, 1.807) is 19.1 Å². The molecule has 0 atom stereocenters. The number of hydrogen-bond donors (Lipinski definition) is 1. The second-order valence-electron chi connectivity index (χ2n) is 6.62. The first-order valence-electron chi connectivity index (χ1n) is 8.80. The molecule has 0 spiro atoms. The smallest absolute Gasteiger partial charge is 0.226 e. The van der Waals surface area contributed by atoms with Gasteiger partial charge in [-0.1, -0.05) is 43.4 Å². The highest BCUT2D eigenvalue weighted by Gasteiger charge is 2.22. The van der Waals surface area contributed by atoms with Crippen LogP contribution in [0.4, 0.5) is 5.69 Å². The molecule has 1 N–H and O–H groups in total. The van der Waals surface area contributed by atoms with Crippen molar-refractivity contribution in [1.29, 1.82) is 0 Å². The maximum atomic E-state index is 12.3. The summed E-state index contributed by atoms with van der Waals surface area (Å²) in [6, 6.07) is 5.72. The topological polar surface area (TPSA) is 49.4 Å². The van der Waals surface area contributed by atoms with Gasteiger partial charge in [-0.15, -0.1) is 0 Å². The van der Waals surface area contributed by atoms with Crippen molar-refractivity contribution in [1.82, 2.24) is 4.90 Å². The predicted molar refractivity (Wildman–Crippen MR) is 98.3 cm³/mol. The average Bonchev–Trinajstić information content (AvgIpc) is 2.80. The maximum absolute atomic E-state index is 12.3. The van der Waals surface area contributed by atoms with E-state index < -0.39 is 0 Å². The molecule has 0 unspecified atom stereocenters. The van der Waals surface area contributed by atoms with E-state index in [2.05, 4.69) is 5.32 Å². The molecule has 1 aliphatic carbocycles. The molecule has 2 amide bonds. The molecule has 1 aromatic carbocycles. The summed E-state index contributed by atoms with van der Waals surface area (Å²) in [5, 5.41) is 3.50. The van der Waals surface area contributed by atoms with Crippen LogP contribution in [0.3, 0.4) is 0 Å². The number of amides is 2. The SMILES string of the molecule is CC(=O)N(CCC(=O)Nc1cc(Cl)ccc1C)C1CCCCCC1. The highest BCUT2D eigenvalue weighted by molar-refractivity contribution is 6.31. The summed E-state index contributed by atoms with van der Waals surface area (Å²) in [6.07, 6.45) is 7.24. The van der Waals surface area contributed by atoms with Crippen LogP contribution in [0.25, 0.3) is 0 Å². The van der Waals surface area contributed by atoms with Gasteiger partial charge in [0.05, 0.1) is 0 Å². The molecule has 132 valence electrons. The van der Waals surface area contributed by atoms with Crippen LogP contribution >= 0.6 is 11.6 Å². The highest BCUT2D eigenvalue weighted by Crippen LogP contribution is 2.23. The number of rotatable bonds is 5. The van der Waals surface area contributed by atoms with Crippen molar-refractivity contribution in [2.45, 2.75) is 64.8 Å². The minimum atomic E-state index is -0.0831. The normalized spacial score (nSPS) is 15.6. The number of anilines is 1. The van der Waals surface area contributed by atoms with E-state index in [0.29, 0.717) is 18.0 Å². The molecule has 1 fully saturated rings. The summed E-state index contributed by atoms with van der Waals surface area (Å²) < 4.78 is 0. The van der Waals surface area contributed by atoms with Crippen molar-refractivity contribution in [3.05, 3.63) is 28.8 Å². The van der Waals surface area contributed by atoms with E-state index in [1.165, 1.54) is 25.7 Å². The van der Waals surface area contributed by atoms with E-state index >= 15 is 0 Å². The minimum absolute atomic E-state index is 0.0636. The first kappa shape index (κ1) is 18.8. The average molecular weight is 351 g/mol. The van der Waals surface area contributed by atoms with Gasteiger partial charge < -0.3 is 10.2 Å². The molecule has 0 bridgehead atoms. The number of aryl methyl sites for hydroxylation is 1. The molecule has 5 heteroatoms. The standard InChI is InChI=1S/C19H27ClN2O2/c1-14-9-10-16(20)13-18(14)21-19(24)11-12-22(15(2)23)17-7-5-3-4-6-8-17/h9-10,13,17H,3-8,11-12H2,1-2H3,(H,21,24). The van der Waals surface area contributed by atoms with E-state index in [9.17, 15) is 9.59 Å². The van der Waals surface area contributed by atoms with Crippen molar-refractivity contribution in [3.63, 3.8) is 0 Å². The van der Waals surface area contributed by atoms with E-state index in [0.717, 1.165) is 24.1 Å². The molecule has 0 heterocycles. The van der Waals surface area contributed by atoms with Crippen molar-refractivity contribution < 1.29 is 9.59 Å². The van der Waals surface area contributed by atoms with Crippen LogP contribution in [-0.4, -0.2) is 29.3 Å². The second kappa shape index (κ2) is 9.07. The fourth-order valence-electron chi connectivity index (χ4n) is 3.33. The highest BCUT2D eigenvalue weighted by atomic mass is 35.5. The number of nitrogens with zero attached hydrogens (tertiary/aromatic N) is 1. The maximum Gasteiger partial charge on any atom is 0.226 e. The van der Waals surface area contributed by atoms with Gasteiger partial charge in [0, 0.05) is 36.6 Å². The lowest BCUT2D eigenvalue weighted by atomic mass is 10.1. The molecule has 0 aliphatic heterocycles. The van der Waals surface area contributed by atoms with Crippen LogP contribution in [0.5, 0.6) is 0 Å². The van der Waals surface area contributed by atoms with Crippen LogP contribution < -0.4 is 5.32 Å². The lowest BCUT2D eigenvalue weighted by Crippen LogP contribution is -2.40. The van der Waals surface area contributed by atoms with Crippen LogP contribution in [0, 0.1) is 6.92 Å². The quantitative estimate of drug-likeness (QED) is 0.792. The van der Waals surface area contributed by atoms with E-state index in [-0.39, 0.29) is 17.9 Å². The van der Waals surface area contributed by atoms with Crippen LogP contribution in [-0.2, 0) is 9.59 Å². The van der Waals surface area contributed by atoms with Gasteiger partial charge in [-0.3, -0.25) is 9.59 Å². The largest absolute Gasteiger partial charge is 0.339 e. The molecule has 1 aromatic rings. The Labute approximate surface area is 149 Å². The predicted octanol–water partition coefficient (Wildman–Crippen LogP) is 4.55. The molecule has 4 nitrogen and oxygen atoms in total. The fourth-order valence-corrected chi connectivity index (χ4v) is 3.50. The lowest BCUT2D eigenvalue weighted by Gasteiger charge is -2.30. The molecule has 1 saturated carbocycles. The molecular formula is C19H27ClN2O2. The summed E-state index contributed by atoms with van der Waals surface area (Å²) in [4.78, 5) is 26.1. The zero-order chi connectivity index (χ0) is 17.5. The van der Waals surface area contributed by atoms with Gasteiger partial charge in [-0.25, -0.2) is 0 Å². The van der Waals surface area contributed by atoms with Gasteiger partial charge in [-0.05, 0) is 37.5 Å². The summed E-state index contributed by atoms with van der Waals surface area (Å²) >= 11 is 5.98. The van der Waals surface area contributed by atoms with Crippen LogP contribution in [0.2, 0.25) is 5.02 Å². The Hall–Kier alpha value is -1.55. The number of benzene rings is 1. The Morgan fingerprint density at radius 2 is 1.88 bits per heavy atom. The third kappa shape index (κ3) is 5.52. The zero-order valence-corrected chi connectivity index (χ0v) is 15.4. The second-order valence-corrected chi connectivity index (χ2v) is 7.05. The van der Waals surface area contributed by atoms with Gasteiger partial charge >= 0.3 is 0 Å². The third-order valence-corrected chi connectivity index (χ3v) is 4.96. The van der Waals surface area contributed by atoms with Gasteiger partial charge in [0.25, 0.3) is 0 Å². The summed E-state index contributed by atoms with van der Waals surface area (Å²) in [6.45, 7) is 4.01. The number of halogens is 1. The Morgan fingerprint density at radius 3 is 2.50 bits per heavy atom. The zero-order valence-electron chi connectivity index (χ0n) is 14.6. The van der Waals surface area contributed by atoms with Gasteiger partial charge in [0.15, 0.2) is 0 Å². The van der Waals surface area contributed by atoms with Crippen molar-refractivity contribution in [3.8, 4) is 0 Å². The fraction of sp³-hybridized carbons (Fsp3) is 0.579. The first-order valence-corrected chi connectivity index (χ1v) is 9.18. The van der Waals surface area contributed by atoms with Crippen LogP contribution in [0.15, 0.2) is 18.2 Å². The van der Waals surface area contributed by atoms with Crippen molar-refractivity contribution in [2.24, 2.45) is 0 Å². The molecule has 1 aliphatic rings. The van der Waals surface area contributed by atoms with Gasteiger partial charge in [-0.2, -0.15) is 0 Å². The van der Waals surface area contributed by atoms with Gasteiger partial charge in [0.2, 0.25) is 11.8 Å². The van der Waals surface area contributed by atoms with Crippen LogP contribution in [0.1, 0.15) is 57.4 Å². The Morgan fingerprint density at radius 1 is 1.21 bits per heavy atom. The minimum Gasteiger partial charge on any atom is -0.339 e. The first-order chi connectivity index (χ1) is 11.5. The third-order valence-electron chi connectivity index (χ3n) is 4.72. The summed E-state index contributed by atoms with van der Waals surface area (Å²) in [5.41, 5.74) is 1.70. The molecule has 0 saturated heterocycles. The number of hydrogen-bond acceptors (Lipinski definition) is 2. The van der Waals surface area contributed by atoms with Crippen molar-refractivity contribution >= 4 is 29.1 Å².